The number of fused-ring (bicyclic) bond motifs is 1. The molecule has 0 saturated carbocycles. The van der Waals surface area contributed by atoms with Crippen LogP contribution in [0.5, 0.6) is 0 Å². The number of nitrogen functional groups attached to an aromatic ring is 1. The maximum atomic E-state index is 9.12. The third-order valence-electron chi connectivity index (χ3n) is 6.47. The van der Waals surface area contributed by atoms with Crippen molar-refractivity contribution in [2.75, 3.05) is 24.3 Å². The lowest BCUT2D eigenvalue weighted by atomic mass is 9.86. The molecule has 1 unspecified atom stereocenters. The number of aromatic nitrogens is 2. The Kier molecular flexibility index (Phi) is 5.68. The van der Waals surface area contributed by atoms with E-state index in [4.69, 9.17) is 20.7 Å². The average molecular weight is 392 g/mol. The molecular weight excluding hydrogens is 362 g/mol. The van der Waals surface area contributed by atoms with E-state index in [1.54, 1.807) is 6.20 Å². The molecule has 6 nitrogen and oxygen atoms in total. The summed E-state index contributed by atoms with van der Waals surface area (Å²) in [6, 6.07) is 8.56. The van der Waals surface area contributed by atoms with E-state index in [0.717, 1.165) is 61.5 Å². The largest absolute Gasteiger partial charge is 0.383 e. The maximum absolute atomic E-state index is 9.12. The standard InChI is InChI=1S/C23H29N5O/c1-14(9-16-5-7-29-8-6-16)19-4-3-18(27-22(19)25)11-21-15(2)20-10-17(12-24)13-26-23(20)28-21/h3-4,10,13-16,21H,5-9,11H2,1-2H3,(H2,25,27)(H,26,28)/t14-,15-,21?/m1/s1. The summed E-state index contributed by atoms with van der Waals surface area (Å²) in [7, 11) is 0. The van der Waals surface area contributed by atoms with Gasteiger partial charge in [0, 0.05) is 49.0 Å². The van der Waals surface area contributed by atoms with Crippen molar-refractivity contribution in [1.82, 2.24) is 9.97 Å². The van der Waals surface area contributed by atoms with Crippen molar-refractivity contribution in [2.45, 2.75) is 57.4 Å². The first-order chi connectivity index (χ1) is 14.0. The number of nitrogens with one attached hydrogen (secondary N) is 1. The summed E-state index contributed by atoms with van der Waals surface area (Å²) in [4.78, 5) is 9.12. The second-order valence-electron chi connectivity index (χ2n) is 8.49. The minimum atomic E-state index is 0.198. The van der Waals surface area contributed by atoms with E-state index in [-0.39, 0.29) is 12.0 Å². The van der Waals surface area contributed by atoms with Gasteiger partial charge in [-0.3, -0.25) is 0 Å². The molecule has 0 aliphatic carbocycles. The molecule has 0 aromatic carbocycles. The Bertz CT molecular complexity index is 916. The molecule has 1 saturated heterocycles. The molecule has 2 aliphatic heterocycles. The van der Waals surface area contributed by atoms with Crippen molar-refractivity contribution in [2.24, 2.45) is 5.92 Å². The van der Waals surface area contributed by atoms with Gasteiger partial charge in [-0.05, 0) is 48.8 Å². The van der Waals surface area contributed by atoms with Crippen molar-refractivity contribution in [3.8, 4) is 6.07 Å². The molecule has 6 heteroatoms. The fraction of sp³-hybridized carbons (Fsp3) is 0.522. The smallest absolute Gasteiger partial charge is 0.129 e. The molecule has 4 rings (SSSR count). The summed E-state index contributed by atoms with van der Waals surface area (Å²) < 4.78 is 5.47. The Hall–Kier alpha value is -2.65. The Morgan fingerprint density at radius 1 is 1.34 bits per heavy atom. The van der Waals surface area contributed by atoms with Gasteiger partial charge in [0.2, 0.25) is 0 Å². The molecule has 3 N–H and O–H groups in total. The zero-order valence-electron chi connectivity index (χ0n) is 17.2. The molecule has 4 heterocycles. The predicted octanol–water partition coefficient (Wildman–Crippen LogP) is 3.99. The van der Waals surface area contributed by atoms with Crippen LogP contribution >= 0.6 is 0 Å². The first-order valence-corrected chi connectivity index (χ1v) is 10.5. The topological polar surface area (TPSA) is 96.8 Å². The minimum Gasteiger partial charge on any atom is -0.383 e. The summed E-state index contributed by atoms with van der Waals surface area (Å²) in [6.07, 6.45) is 5.81. The Morgan fingerprint density at radius 3 is 2.86 bits per heavy atom. The molecule has 29 heavy (non-hydrogen) atoms. The molecule has 0 amide bonds. The van der Waals surface area contributed by atoms with Gasteiger partial charge in [-0.25, -0.2) is 9.97 Å². The van der Waals surface area contributed by atoms with Crippen LogP contribution in [0.2, 0.25) is 0 Å². The molecule has 2 aromatic heterocycles. The maximum Gasteiger partial charge on any atom is 0.129 e. The summed E-state index contributed by atoms with van der Waals surface area (Å²) in [6.45, 7) is 6.17. The van der Waals surface area contributed by atoms with Crippen LogP contribution in [0.15, 0.2) is 24.4 Å². The van der Waals surface area contributed by atoms with E-state index in [1.807, 2.05) is 6.07 Å². The highest BCUT2D eigenvalue weighted by Crippen LogP contribution is 2.36. The molecule has 1 fully saturated rings. The van der Waals surface area contributed by atoms with Crippen LogP contribution in [0, 0.1) is 17.2 Å². The van der Waals surface area contributed by atoms with Gasteiger partial charge in [0.1, 0.15) is 17.7 Å². The zero-order valence-corrected chi connectivity index (χ0v) is 17.2. The second-order valence-corrected chi connectivity index (χ2v) is 8.49. The van der Waals surface area contributed by atoms with Crippen LogP contribution < -0.4 is 11.1 Å². The number of hydrogen-bond acceptors (Lipinski definition) is 6. The summed E-state index contributed by atoms with van der Waals surface area (Å²) >= 11 is 0. The van der Waals surface area contributed by atoms with Gasteiger partial charge in [0.05, 0.1) is 5.56 Å². The van der Waals surface area contributed by atoms with Gasteiger partial charge in [0.15, 0.2) is 0 Å². The van der Waals surface area contributed by atoms with Crippen LogP contribution in [-0.4, -0.2) is 29.2 Å². The van der Waals surface area contributed by atoms with E-state index in [0.29, 0.717) is 23.2 Å². The SMILES string of the molecule is C[C@H](CC1CCOCC1)c1ccc(CC2Nc3ncc(C#N)cc3[C@H]2C)nc1N. The fourth-order valence-corrected chi connectivity index (χ4v) is 4.65. The second kappa shape index (κ2) is 8.38. The van der Waals surface area contributed by atoms with Crippen LogP contribution in [0.25, 0.3) is 0 Å². The first kappa shape index (κ1) is 19.7. The Labute approximate surface area is 172 Å². The summed E-state index contributed by atoms with van der Waals surface area (Å²) in [5, 5.41) is 12.6. The zero-order chi connectivity index (χ0) is 20.4. The van der Waals surface area contributed by atoms with Gasteiger partial charge < -0.3 is 15.8 Å². The van der Waals surface area contributed by atoms with Gasteiger partial charge in [-0.15, -0.1) is 0 Å². The molecule has 0 bridgehead atoms. The summed E-state index contributed by atoms with van der Waals surface area (Å²) in [5.74, 6) is 2.90. The summed E-state index contributed by atoms with van der Waals surface area (Å²) in [5.41, 5.74) is 10.2. The van der Waals surface area contributed by atoms with Crippen molar-refractivity contribution >= 4 is 11.6 Å². The van der Waals surface area contributed by atoms with Crippen molar-refractivity contribution in [3.05, 3.63) is 46.8 Å². The third-order valence-corrected chi connectivity index (χ3v) is 6.47. The Morgan fingerprint density at radius 2 is 2.14 bits per heavy atom. The van der Waals surface area contributed by atoms with Gasteiger partial charge >= 0.3 is 0 Å². The van der Waals surface area contributed by atoms with Crippen molar-refractivity contribution in [3.63, 3.8) is 0 Å². The van der Waals surface area contributed by atoms with Crippen LogP contribution in [-0.2, 0) is 11.2 Å². The van der Waals surface area contributed by atoms with E-state index in [2.05, 4.69) is 42.4 Å². The molecule has 152 valence electrons. The van der Waals surface area contributed by atoms with E-state index in [9.17, 15) is 0 Å². The van der Waals surface area contributed by atoms with Crippen LogP contribution in [0.1, 0.15) is 67.3 Å². The number of rotatable bonds is 5. The highest BCUT2D eigenvalue weighted by molar-refractivity contribution is 5.56. The van der Waals surface area contributed by atoms with E-state index in [1.165, 1.54) is 0 Å². The molecule has 2 aromatic rings. The number of nitriles is 1. The molecule has 0 spiro atoms. The van der Waals surface area contributed by atoms with E-state index < -0.39 is 0 Å². The van der Waals surface area contributed by atoms with E-state index >= 15 is 0 Å². The molecular formula is C23H29N5O. The quantitative estimate of drug-likeness (QED) is 0.800. The number of pyridine rings is 2. The van der Waals surface area contributed by atoms with Crippen LogP contribution in [0.4, 0.5) is 11.6 Å². The predicted molar refractivity (Wildman–Crippen MR) is 114 cm³/mol. The van der Waals surface area contributed by atoms with Gasteiger partial charge in [-0.1, -0.05) is 19.9 Å². The number of ether oxygens (including phenoxy) is 1. The molecule has 2 aliphatic rings. The lowest BCUT2D eigenvalue weighted by Crippen LogP contribution is -2.23. The monoisotopic (exact) mass is 391 g/mol. The first-order valence-electron chi connectivity index (χ1n) is 10.5. The highest BCUT2D eigenvalue weighted by atomic mass is 16.5. The minimum absolute atomic E-state index is 0.198. The highest BCUT2D eigenvalue weighted by Gasteiger charge is 2.30. The number of nitrogens with zero attached hydrogens (tertiary/aromatic N) is 3. The lowest BCUT2D eigenvalue weighted by Gasteiger charge is -2.25. The van der Waals surface area contributed by atoms with Crippen LogP contribution in [0.3, 0.4) is 0 Å². The number of anilines is 2. The average Bonchev–Trinajstić information content (AvgIpc) is 3.03. The molecule has 0 radical (unpaired) electrons. The third kappa shape index (κ3) is 4.20. The normalized spacial score (nSPS) is 22.5. The van der Waals surface area contributed by atoms with Gasteiger partial charge in [-0.2, -0.15) is 5.26 Å². The lowest BCUT2D eigenvalue weighted by molar-refractivity contribution is 0.0622. The fourth-order valence-electron chi connectivity index (χ4n) is 4.65. The number of hydrogen-bond donors (Lipinski definition) is 2. The van der Waals surface area contributed by atoms with Crippen molar-refractivity contribution in [1.29, 1.82) is 5.26 Å². The van der Waals surface area contributed by atoms with Crippen molar-refractivity contribution < 1.29 is 4.74 Å². The van der Waals surface area contributed by atoms with Gasteiger partial charge in [0.25, 0.3) is 0 Å². The Balaban J connectivity index is 1.42. The molecule has 3 atom stereocenters. The number of nitrogens with two attached hydrogens (primary N) is 1.